The number of ether oxygens (including phenoxy) is 1. The summed E-state index contributed by atoms with van der Waals surface area (Å²) in [7, 11) is 0. The molecule has 0 aliphatic carbocycles. The quantitative estimate of drug-likeness (QED) is 0.668. The number of nitrogens with zero attached hydrogens (tertiary/aromatic N) is 1. The molecule has 3 aromatic rings. The van der Waals surface area contributed by atoms with Gasteiger partial charge in [0.2, 0.25) is 0 Å². The lowest BCUT2D eigenvalue weighted by Gasteiger charge is -2.09. The molecule has 0 fully saturated rings. The second-order valence-electron chi connectivity index (χ2n) is 5.56. The highest BCUT2D eigenvalue weighted by molar-refractivity contribution is 5.98. The number of amides is 1. The van der Waals surface area contributed by atoms with Gasteiger partial charge in [-0.25, -0.2) is 4.98 Å². The van der Waals surface area contributed by atoms with Crippen LogP contribution in [0.25, 0.3) is 0 Å². The highest BCUT2D eigenvalue weighted by Crippen LogP contribution is 2.22. The SMILES string of the molecule is Nc1ncccc1C(=O)NCc1ccc(Oc2cccc(C=O)c2)cc1. The minimum Gasteiger partial charge on any atom is -0.457 e. The van der Waals surface area contributed by atoms with Gasteiger partial charge in [0.05, 0.1) is 5.56 Å². The van der Waals surface area contributed by atoms with Gasteiger partial charge in [0.25, 0.3) is 5.91 Å². The van der Waals surface area contributed by atoms with Crippen molar-refractivity contribution in [3.05, 3.63) is 83.6 Å². The Hall–Kier alpha value is -3.67. The molecule has 0 spiro atoms. The van der Waals surface area contributed by atoms with Crippen LogP contribution in [0.5, 0.6) is 11.5 Å². The molecular formula is C20H17N3O3. The number of carbonyl (C=O) groups excluding carboxylic acids is 2. The van der Waals surface area contributed by atoms with Crippen molar-refractivity contribution in [2.24, 2.45) is 0 Å². The number of rotatable bonds is 6. The van der Waals surface area contributed by atoms with E-state index in [4.69, 9.17) is 10.5 Å². The summed E-state index contributed by atoms with van der Waals surface area (Å²) in [5.74, 6) is 1.15. The summed E-state index contributed by atoms with van der Waals surface area (Å²) < 4.78 is 5.72. The average Bonchev–Trinajstić information content (AvgIpc) is 2.68. The molecule has 0 aliphatic rings. The molecule has 3 rings (SSSR count). The third kappa shape index (κ3) is 4.24. The van der Waals surface area contributed by atoms with E-state index in [1.54, 1.807) is 48.5 Å². The number of pyridine rings is 1. The van der Waals surface area contributed by atoms with Gasteiger partial charge in [0.1, 0.15) is 23.6 Å². The molecule has 0 radical (unpaired) electrons. The van der Waals surface area contributed by atoms with Gasteiger partial charge in [-0.3, -0.25) is 9.59 Å². The van der Waals surface area contributed by atoms with E-state index in [-0.39, 0.29) is 11.7 Å². The zero-order valence-electron chi connectivity index (χ0n) is 13.9. The molecule has 0 unspecified atom stereocenters. The molecule has 0 saturated heterocycles. The van der Waals surface area contributed by atoms with E-state index in [9.17, 15) is 9.59 Å². The number of nitrogens with one attached hydrogen (secondary N) is 1. The molecule has 1 aromatic heterocycles. The average molecular weight is 347 g/mol. The van der Waals surface area contributed by atoms with Crippen LogP contribution in [0.4, 0.5) is 5.82 Å². The molecule has 26 heavy (non-hydrogen) atoms. The summed E-state index contributed by atoms with van der Waals surface area (Å²) in [6, 6.07) is 17.5. The Bertz CT molecular complexity index is 924. The normalized spacial score (nSPS) is 10.2. The fourth-order valence-electron chi connectivity index (χ4n) is 2.35. The monoisotopic (exact) mass is 347 g/mol. The predicted molar refractivity (Wildman–Crippen MR) is 98.2 cm³/mol. The standard InChI is InChI=1S/C20H17N3O3/c21-19-18(5-2-10-22-19)20(25)23-12-14-6-8-16(9-7-14)26-17-4-1-3-15(11-17)13-24/h1-11,13H,12H2,(H2,21,22)(H,23,25). The van der Waals surface area contributed by atoms with Gasteiger partial charge in [-0.15, -0.1) is 0 Å². The molecule has 1 amide bonds. The van der Waals surface area contributed by atoms with Crippen LogP contribution in [-0.2, 0) is 6.54 Å². The maximum atomic E-state index is 12.1. The number of aldehydes is 1. The van der Waals surface area contributed by atoms with E-state index >= 15 is 0 Å². The first kappa shape index (κ1) is 17.2. The van der Waals surface area contributed by atoms with E-state index in [1.807, 2.05) is 12.1 Å². The fourth-order valence-corrected chi connectivity index (χ4v) is 2.35. The van der Waals surface area contributed by atoms with Crippen molar-refractivity contribution >= 4 is 18.0 Å². The van der Waals surface area contributed by atoms with Crippen molar-refractivity contribution in [1.82, 2.24) is 10.3 Å². The van der Waals surface area contributed by atoms with Gasteiger partial charge in [0, 0.05) is 18.3 Å². The lowest BCUT2D eigenvalue weighted by molar-refractivity contribution is 0.0951. The van der Waals surface area contributed by atoms with Crippen molar-refractivity contribution in [2.45, 2.75) is 6.54 Å². The molecule has 0 bridgehead atoms. The van der Waals surface area contributed by atoms with Crippen molar-refractivity contribution in [3.63, 3.8) is 0 Å². The highest BCUT2D eigenvalue weighted by atomic mass is 16.5. The molecule has 0 saturated carbocycles. The largest absolute Gasteiger partial charge is 0.457 e. The smallest absolute Gasteiger partial charge is 0.255 e. The van der Waals surface area contributed by atoms with Crippen LogP contribution >= 0.6 is 0 Å². The highest BCUT2D eigenvalue weighted by Gasteiger charge is 2.09. The Morgan fingerprint density at radius 1 is 1.08 bits per heavy atom. The third-order valence-electron chi connectivity index (χ3n) is 3.69. The van der Waals surface area contributed by atoms with Crippen LogP contribution in [-0.4, -0.2) is 17.2 Å². The lowest BCUT2D eigenvalue weighted by Crippen LogP contribution is -2.24. The van der Waals surface area contributed by atoms with E-state index in [0.717, 1.165) is 11.8 Å². The van der Waals surface area contributed by atoms with Crippen molar-refractivity contribution in [3.8, 4) is 11.5 Å². The molecule has 1 heterocycles. The van der Waals surface area contributed by atoms with E-state index in [1.165, 1.54) is 6.20 Å². The topological polar surface area (TPSA) is 94.3 Å². The number of nitrogens with two attached hydrogens (primary N) is 1. The van der Waals surface area contributed by atoms with Crippen LogP contribution < -0.4 is 15.8 Å². The van der Waals surface area contributed by atoms with Crippen LogP contribution in [0, 0.1) is 0 Å². The van der Waals surface area contributed by atoms with Crippen molar-refractivity contribution in [2.75, 3.05) is 5.73 Å². The zero-order chi connectivity index (χ0) is 18.4. The molecular weight excluding hydrogens is 330 g/mol. The summed E-state index contributed by atoms with van der Waals surface area (Å²) in [6.07, 6.45) is 2.31. The van der Waals surface area contributed by atoms with E-state index in [2.05, 4.69) is 10.3 Å². The molecule has 130 valence electrons. The molecule has 3 N–H and O–H groups in total. The van der Waals surface area contributed by atoms with Crippen molar-refractivity contribution in [1.29, 1.82) is 0 Å². The van der Waals surface area contributed by atoms with Gasteiger partial charge in [-0.1, -0.05) is 24.3 Å². The Kier molecular flexibility index (Phi) is 5.24. The first-order valence-electron chi connectivity index (χ1n) is 7.96. The van der Waals surface area contributed by atoms with Gasteiger partial charge in [-0.2, -0.15) is 0 Å². The number of benzene rings is 2. The van der Waals surface area contributed by atoms with Gasteiger partial charge in [0.15, 0.2) is 0 Å². The van der Waals surface area contributed by atoms with Crippen LogP contribution in [0.2, 0.25) is 0 Å². The van der Waals surface area contributed by atoms with Crippen LogP contribution in [0.15, 0.2) is 66.9 Å². The van der Waals surface area contributed by atoms with E-state index < -0.39 is 0 Å². The van der Waals surface area contributed by atoms with Gasteiger partial charge in [-0.05, 0) is 42.0 Å². The Morgan fingerprint density at radius 2 is 1.88 bits per heavy atom. The third-order valence-corrected chi connectivity index (χ3v) is 3.69. The number of carbonyl (C=O) groups is 2. The van der Waals surface area contributed by atoms with Gasteiger partial charge >= 0.3 is 0 Å². The Labute approximate surface area is 150 Å². The van der Waals surface area contributed by atoms with Gasteiger partial charge < -0.3 is 15.8 Å². The number of hydrogen-bond donors (Lipinski definition) is 2. The number of aromatic nitrogens is 1. The summed E-state index contributed by atoms with van der Waals surface area (Å²) >= 11 is 0. The van der Waals surface area contributed by atoms with Crippen LogP contribution in [0.3, 0.4) is 0 Å². The fraction of sp³-hybridized carbons (Fsp3) is 0.0500. The predicted octanol–water partition coefficient (Wildman–Crippen LogP) is 3.20. The second kappa shape index (κ2) is 7.94. The Morgan fingerprint density at radius 3 is 2.62 bits per heavy atom. The summed E-state index contributed by atoms with van der Waals surface area (Å²) in [5.41, 5.74) is 7.51. The number of anilines is 1. The first-order chi connectivity index (χ1) is 12.7. The number of nitrogen functional groups attached to an aromatic ring is 1. The minimum atomic E-state index is -0.276. The second-order valence-corrected chi connectivity index (χ2v) is 5.56. The molecule has 0 aliphatic heterocycles. The minimum absolute atomic E-state index is 0.200. The summed E-state index contributed by atoms with van der Waals surface area (Å²) in [4.78, 5) is 26.8. The molecule has 6 heteroatoms. The summed E-state index contributed by atoms with van der Waals surface area (Å²) in [6.45, 7) is 0.355. The molecule has 0 atom stereocenters. The molecule has 6 nitrogen and oxygen atoms in total. The zero-order valence-corrected chi connectivity index (χ0v) is 13.9. The first-order valence-corrected chi connectivity index (χ1v) is 7.96. The number of hydrogen-bond acceptors (Lipinski definition) is 5. The lowest BCUT2D eigenvalue weighted by atomic mass is 10.2. The van der Waals surface area contributed by atoms with E-state index in [0.29, 0.717) is 29.2 Å². The maximum Gasteiger partial charge on any atom is 0.255 e. The summed E-state index contributed by atoms with van der Waals surface area (Å²) in [5, 5.41) is 2.80. The van der Waals surface area contributed by atoms with Crippen LogP contribution in [0.1, 0.15) is 26.3 Å². The Balaban J connectivity index is 1.60. The molecule has 2 aromatic carbocycles. The maximum absolute atomic E-state index is 12.1. The van der Waals surface area contributed by atoms with Crippen molar-refractivity contribution < 1.29 is 14.3 Å².